The maximum absolute atomic E-state index is 10.4. The molecule has 0 spiro atoms. The number of unbranched alkanes of at least 4 members (excludes halogenated alkanes) is 1. The van der Waals surface area contributed by atoms with Gasteiger partial charge in [-0.2, -0.15) is 4.89 Å². The first kappa shape index (κ1) is 12.4. The molecule has 1 aromatic rings. The van der Waals surface area contributed by atoms with Gasteiger partial charge in [-0.05, 0) is 35.6 Å². The third-order valence-corrected chi connectivity index (χ3v) is 2.86. The minimum absolute atomic E-state index is 0.382. The molecular formula is C10H14ClNO2P+. The molecule has 0 saturated heterocycles. The summed E-state index contributed by atoms with van der Waals surface area (Å²) in [5.74, 6) is 0. The first-order valence-corrected chi connectivity index (χ1v) is 6.59. The zero-order valence-corrected chi connectivity index (χ0v) is 9.97. The molecule has 0 aliphatic carbocycles. The maximum Gasteiger partial charge on any atom is 0.505 e. The normalized spacial score (nSPS) is 11.2. The molecule has 0 amide bonds. The van der Waals surface area contributed by atoms with Gasteiger partial charge in [0.1, 0.15) is 0 Å². The van der Waals surface area contributed by atoms with Crippen molar-refractivity contribution in [1.29, 1.82) is 0 Å². The Morgan fingerprint density at radius 2 is 2.20 bits per heavy atom. The lowest BCUT2D eigenvalue weighted by Gasteiger charge is -2.04. The van der Waals surface area contributed by atoms with E-state index >= 15 is 0 Å². The van der Waals surface area contributed by atoms with Crippen molar-refractivity contribution in [3.63, 3.8) is 0 Å². The van der Waals surface area contributed by atoms with E-state index in [-0.39, 0.29) is 0 Å². The SMILES string of the molecule is O=[P+](O)CCCCNc1cccc(Cl)c1. The van der Waals surface area contributed by atoms with Crippen molar-refractivity contribution in [1.82, 2.24) is 0 Å². The van der Waals surface area contributed by atoms with Crippen LogP contribution in [0, 0.1) is 0 Å². The summed E-state index contributed by atoms with van der Waals surface area (Å²) in [6.07, 6.45) is 2.03. The molecule has 82 valence electrons. The van der Waals surface area contributed by atoms with Crippen molar-refractivity contribution in [2.45, 2.75) is 12.8 Å². The smallest absolute Gasteiger partial charge is 0.385 e. The van der Waals surface area contributed by atoms with Gasteiger partial charge in [0.2, 0.25) is 0 Å². The second-order valence-corrected chi connectivity index (χ2v) is 4.81. The van der Waals surface area contributed by atoms with Crippen molar-refractivity contribution in [2.75, 3.05) is 18.0 Å². The van der Waals surface area contributed by atoms with Crippen molar-refractivity contribution in [3.8, 4) is 0 Å². The molecule has 0 radical (unpaired) electrons. The van der Waals surface area contributed by atoms with E-state index in [9.17, 15) is 4.57 Å². The summed E-state index contributed by atoms with van der Waals surface area (Å²) in [4.78, 5) is 8.58. The number of halogens is 1. The van der Waals surface area contributed by atoms with Gasteiger partial charge in [0.05, 0.1) is 0 Å². The lowest BCUT2D eigenvalue weighted by molar-refractivity contribution is 0.500. The van der Waals surface area contributed by atoms with Gasteiger partial charge in [-0.3, -0.25) is 0 Å². The van der Waals surface area contributed by atoms with Crippen molar-refractivity contribution in [2.24, 2.45) is 0 Å². The Hall–Kier alpha value is -0.630. The van der Waals surface area contributed by atoms with Gasteiger partial charge < -0.3 is 5.32 Å². The highest BCUT2D eigenvalue weighted by Crippen LogP contribution is 2.16. The fraction of sp³-hybridized carbons (Fsp3) is 0.400. The third kappa shape index (κ3) is 5.73. The first-order valence-electron chi connectivity index (χ1n) is 4.81. The zero-order valence-electron chi connectivity index (χ0n) is 8.32. The molecule has 3 nitrogen and oxygen atoms in total. The summed E-state index contributed by atoms with van der Waals surface area (Å²) in [5.41, 5.74) is 0.982. The van der Waals surface area contributed by atoms with Gasteiger partial charge >= 0.3 is 8.03 Å². The first-order chi connectivity index (χ1) is 7.18. The number of hydrogen-bond donors (Lipinski definition) is 2. The number of anilines is 1. The van der Waals surface area contributed by atoms with Gasteiger partial charge in [-0.1, -0.05) is 17.7 Å². The van der Waals surface area contributed by atoms with E-state index in [0.29, 0.717) is 11.2 Å². The number of nitrogens with one attached hydrogen (secondary N) is 1. The molecule has 1 unspecified atom stereocenters. The quantitative estimate of drug-likeness (QED) is 0.598. The Bertz CT molecular complexity index is 333. The summed E-state index contributed by atoms with van der Waals surface area (Å²) in [7, 11) is -1.98. The average molecular weight is 247 g/mol. The highest BCUT2D eigenvalue weighted by Gasteiger charge is 2.07. The summed E-state index contributed by atoms with van der Waals surface area (Å²) in [6, 6.07) is 7.50. The van der Waals surface area contributed by atoms with Gasteiger partial charge in [0.25, 0.3) is 0 Å². The van der Waals surface area contributed by atoms with E-state index in [4.69, 9.17) is 16.5 Å². The number of hydrogen-bond acceptors (Lipinski definition) is 2. The Labute approximate surface area is 95.3 Å². The Morgan fingerprint density at radius 3 is 2.87 bits per heavy atom. The highest BCUT2D eigenvalue weighted by molar-refractivity contribution is 7.37. The lowest BCUT2D eigenvalue weighted by Crippen LogP contribution is -2.01. The molecule has 15 heavy (non-hydrogen) atoms. The second kappa shape index (κ2) is 6.78. The molecule has 1 atom stereocenters. The largest absolute Gasteiger partial charge is 0.505 e. The maximum atomic E-state index is 10.4. The molecule has 1 rings (SSSR count). The summed E-state index contributed by atoms with van der Waals surface area (Å²) in [6.45, 7) is 0.795. The molecule has 2 N–H and O–H groups in total. The molecule has 0 aliphatic heterocycles. The van der Waals surface area contributed by atoms with Crippen molar-refractivity contribution < 1.29 is 9.46 Å². The lowest BCUT2D eigenvalue weighted by atomic mass is 10.3. The summed E-state index contributed by atoms with van der Waals surface area (Å²) in [5, 5.41) is 3.91. The predicted molar refractivity (Wildman–Crippen MR) is 63.9 cm³/mol. The van der Waals surface area contributed by atoms with E-state index in [0.717, 1.165) is 25.1 Å². The van der Waals surface area contributed by atoms with E-state index in [1.54, 1.807) is 0 Å². The highest BCUT2D eigenvalue weighted by atomic mass is 35.5. The molecule has 0 heterocycles. The van der Waals surface area contributed by atoms with Crippen LogP contribution < -0.4 is 5.32 Å². The Kier molecular flexibility index (Phi) is 5.62. The summed E-state index contributed by atoms with van der Waals surface area (Å²) < 4.78 is 10.4. The van der Waals surface area contributed by atoms with Gasteiger partial charge in [0.15, 0.2) is 6.16 Å². The van der Waals surface area contributed by atoms with Gasteiger partial charge in [-0.25, -0.2) is 0 Å². The van der Waals surface area contributed by atoms with E-state index in [1.807, 2.05) is 24.3 Å². The summed E-state index contributed by atoms with van der Waals surface area (Å²) >= 11 is 5.81. The van der Waals surface area contributed by atoms with Crippen LogP contribution >= 0.6 is 19.6 Å². The van der Waals surface area contributed by atoms with Crippen LogP contribution in [0.3, 0.4) is 0 Å². The molecular weight excluding hydrogens is 233 g/mol. The van der Waals surface area contributed by atoms with Crippen LogP contribution in [0.4, 0.5) is 5.69 Å². The molecule has 1 aromatic carbocycles. The predicted octanol–water partition coefficient (Wildman–Crippen LogP) is 3.27. The molecule has 0 aromatic heterocycles. The number of benzene rings is 1. The minimum Gasteiger partial charge on any atom is -0.385 e. The van der Waals surface area contributed by atoms with Crippen LogP contribution in [-0.2, 0) is 4.57 Å². The molecule has 5 heteroatoms. The zero-order chi connectivity index (χ0) is 11.1. The third-order valence-electron chi connectivity index (χ3n) is 1.93. The van der Waals surface area contributed by atoms with Crippen LogP contribution in [0.15, 0.2) is 24.3 Å². The van der Waals surface area contributed by atoms with Crippen molar-refractivity contribution in [3.05, 3.63) is 29.3 Å². The monoisotopic (exact) mass is 246 g/mol. The van der Waals surface area contributed by atoms with Gasteiger partial charge in [0, 0.05) is 17.3 Å². The Morgan fingerprint density at radius 1 is 1.40 bits per heavy atom. The second-order valence-electron chi connectivity index (χ2n) is 3.22. The minimum atomic E-state index is -1.98. The fourth-order valence-electron chi connectivity index (χ4n) is 1.20. The van der Waals surface area contributed by atoms with Crippen LogP contribution in [0.2, 0.25) is 5.02 Å². The average Bonchev–Trinajstić information content (AvgIpc) is 2.17. The standard InChI is InChI=1S/C10H13ClNO2P/c11-9-4-3-5-10(8-9)12-6-1-2-7-15(13)14/h3-5,8,12H,1-2,6-7H2/p+1. The van der Waals surface area contributed by atoms with Crippen LogP contribution in [0.25, 0.3) is 0 Å². The molecule has 0 fully saturated rings. The molecule has 0 aliphatic rings. The van der Waals surface area contributed by atoms with E-state index < -0.39 is 8.03 Å². The topological polar surface area (TPSA) is 49.3 Å². The van der Waals surface area contributed by atoms with Crippen LogP contribution in [0.1, 0.15) is 12.8 Å². The molecule has 0 saturated carbocycles. The van der Waals surface area contributed by atoms with Gasteiger partial charge in [-0.15, -0.1) is 0 Å². The van der Waals surface area contributed by atoms with E-state index in [1.165, 1.54) is 0 Å². The van der Waals surface area contributed by atoms with E-state index in [2.05, 4.69) is 5.32 Å². The molecule has 0 bridgehead atoms. The van der Waals surface area contributed by atoms with Crippen molar-refractivity contribution >= 4 is 25.3 Å². The van der Waals surface area contributed by atoms with Crippen LogP contribution in [-0.4, -0.2) is 17.6 Å². The van der Waals surface area contributed by atoms with Crippen LogP contribution in [0.5, 0.6) is 0 Å². The number of rotatable bonds is 6. The fourth-order valence-corrected chi connectivity index (χ4v) is 1.89. The Balaban J connectivity index is 2.17.